The second-order valence-electron chi connectivity index (χ2n) is 5.02. The molecule has 0 heterocycles. The summed E-state index contributed by atoms with van der Waals surface area (Å²) in [7, 11) is 0. The van der Waals surface area contributed by atoms with Crippen LogP contribution in [0.4, 0.5) is 13.2 Å². The standard InChI is InChI=1S/C18H15ClF3NO2/c19-14-6-8-15(9-7-14)25-11-10-23-17(24)12-16(18(20,21)22)13-4-2-1-3-5-13/h1-9,12H,10-11H2,(H,23,24)/b16-12+. The number of hydrogen-bond donors (Lipinski definition) is 1. The highest BCUT2D eigenvalue weighted by Crippen LogP contribution is 2.33. The lowest BCUT2D eigenvalue weighted by atomic mass is 10.1. The van der Waals surface area contributed by atoms with E-state index < -0.39 is 17.7 Å². The predicted molar refractivity (Wildman–Crippen MR) is 90.4 cm³/mol. The number of halogens is 4. The summed E-state index contributed by atoms with van der Waals surface area (Å²) in [6.45, 7) is 0.186. The molecule has 0 aliphatic heterocycles. The number of rotatable bonds is 6. The molecule has 0 bridgehead atoms. The summed E-state index contributed by atoms with van der Waals surface area (Å²) in [6.07, 6.45) is -4.07. The molecule has 2 aromatic rings. The van der Waals surface area contributed by atoms with Crippen molar-refractivity contribution in [3.8, 4) is 5.75 Å². The van der Waals surface area contributed by atoms with E-state index in [0.29, 0.717) is 16.8 Å². The summed E-state index contributed by atoms with van der Waals surface area (Å²) < 4.78 is 44.7. The van der Waals surface area contributed by atoms with Gasteiger partial charge in [0.25, 0.3) is 0 Å². The summed E-state index contributed by atoms with van der Waals surface area (Å²) >= 11 is 5.74. The third kappa shape index (κ3) is 6.15. The van der Waals surface area contributed by atoms with E-state index >= 15 is 0 Å². The Bertz CT molecular complexity index is 728. The Labute approximate surface area is 148 Å². The molecule has 2 aromatic carbocycles. The van der Waals surface area contributed by atoms with Crippen LogP contribution in [0, 0.1) is 0 Å². The minimum absolute atomic E-state index is 0.0671. The first-order valence-electron chi connectivity index (χ1n) is 7.37. The highest BCUT2D eigenvalue weighted by Gasteiger charge is 2.35. The van der Waals surface area contributed by atoms with E-state index in [2.05, 4.69) is 5.32 Å². The lowest BCUT2D eigenvalue weighted by Gasteiger charge is -2.12. The first kappa shape index (κ1) is 18.9. The lowest BCUT2D eigenvalue weighted by molar-refractivity contribution is -0.117. The number of allylic oxidation sites excluding steroid dienone is 1. The lowest BCUT2D eigenvalue weighted by Crippen LogP contribution is -2.27. The molecule has 2 rings (SSSR count). The summed E-state index contributed by atoms with van der Waals surface area (Å²) in [5.41, 5.74) is -1.06. The molecule has 1 amide bonds. The molecular formula is C18H15ClF3NO2. The zero-order valence-corrected chi connectivity index (χ0v) is 13.8. The molecule has 3 nitrogen and oxygen atoms in total. The second kappa shape index (κ2) is 8.58. The van der Waals surface area contributed by atoms with Crippen LogP contribution < -0.4 is 10.1 Å². The molecule has 1 N–H and O–H groups in total. The number of carbonyl (C=O) groups is 1. The summed E-state index contributed by atoms with van der Waals surface area (Å²) in [6, 6.07) is 13.8. The maximum Gasteiger partial charge on any atom is 0.417 e. The summed E-state index contributed by atoms with van der Waals surface area (Å²) in [5.74, 6) is -0.287. The normalized spacial score (nSPS) is 11.9. The van der Waals surface area contributed by atoms with Crippen LogP contribution in [0.15, 0.2) is 60.7 Å². The predicted octanol–water partition coefficient (Wildman–Crippen LogP) is 4.48. The minimum Gasteiger partial charge on any atom is -0.492 e. The Morgan fingerprint density at radius 2 is 1.72 bits per heavy atom. The van der Waals surface area contributed by atoms with Gasteiger partial charge in [-0.2, -0.15) is 13.2 Å². The van der Waals surface area contributed by atoms with Crippen LogP contribution in [0.1, 0.15) is 5.56 Å². The Hall–Kier alpha value is -2.47. The Balaban J connectivity index is 1.92. The van der Waals surface area contributed by atoms with Crippen molar-refractivity contribution in [1.29, 1.82) is 0 Å². The fourth-order valence-electron chi connectivity index (χ4n) is 2.00. The van der Waals surface area contributed by atoms with Gasteiger partial charge in [-0.05, 0) is 29.8 Å². The van der Waals surface area contributed by atoms with E-state index in [-0.39, 0.29) is 18.7 Å². The van der Waals surface area contributed by atoms with Crippen molar-refractivity contribution in [2.24, 2.45) is 0 Å². The van der Waals surface area contributed by atoms with Gasteiger partial charge in [-0.1, -0.05) is 41.9 Å². The first-order valence-corrected chi connectivity index (χ1v) is 7.74. The van der Waals surface area contributed by atoms with E-state index in [9.17, 15) is 18.0 Å². The maximum absolute atomic E-state index is 13.1. The van der Waals surface area contributed by atoms with Crippen LogP contribution in [-0.4, -0.2) is 25.2 Å². The molecule has 132 valence electrons. The van der Waals surface area contributed by atoms with Crippen molar-refractivity contribution in [3.63, 3.8) is 0 Å². The average Bonchev–Trinajstić information content (AvgIpc) is 2.58. The van der Waals surface area contributed by atoms with Gasteiger partial charge in [0.05, 0.1) is 12.1 Å². The minimum atomic E-state index is -4.63. The van der Waals surface area contributed by atoms with Crippen molar-refractivity contribution < 1.29 is 22.7 Å². The van der Waals surface area contributed by atoms with Crippen molar-refractivity contribution in [3.05, 3.63) is 71.3 Å². The van der Waals surface area contributed by atoms with Crippen LogP contribution >= 0.6 is 11.6 Å². The molecular weight excluding hydrogens is 355 g/mol. The van der Waals surface area contributed by atoms with Crippen LogP contribution in [0.2, 0.25) is 5.02 Å². The average molecular weight is 370 g/mol. The smallest absolute Gasteiger partial charge is 0.417 e. The topological polar surface area (TPSA) is 38.3 Å². The number of amides is 1. The van der Waals surface area contributed by atoms with Gasteiger partial charge in [-0.15, -0.1) is 0 Å². The van der Waals surface area contributed by atoms with Crippen molar-refractivity contribution in [2.75, 3.05) is 13.2 Å². The number of ether oxygens (including phenoxy) is 1. The van der Waals surface area contributed by atoms with Crippen molar-refractivity contribution in [2.45, 2.75) is 6.18 Å². The van der Waals surface area contributed by atoms with E-state index in [0.717, 1.165) is 0 Å². The molecule has 0 unspecified atom stereocenters. The quantitative estimate of drug-likeness (QED) is 0.602. The summed E-state index contributed by atoms with van der Waals surface area (Å²) in [4.78, 5) is 11.8. The number of hydrogen-bond acceptors (Lipinski definition) is 2. The van der Waals surface area contributed by atoms with Gasteiger partial charge in [-0.25, -0.2) is 0 Å². The van der Waals surface area contributed by atoms with Gasteiger partial charge in [-0.3, -0.25) is 4.79 Å². The van der Waals surface area contributed by atoms with Gasteiger partial charge < -0.3 is 10.1 Å². The van der Waals surface area contributed by atoms with Crippen LogP contribution in [-0.2, 0) is 4.79 Å². The Kier molecular flexibility index (Phi) is 6.47. The van der Waals surface area contributed by atoms with Crippen LogP contribution in [0.3, 0.4) is 0 Å². The third-order valence-electron chi connectivity index (χ3n) is 3.15. The number of benzene rings is 2. The van der Waals surface area contributed by atoms with Crippen LogP contribution in [0.25, 0.3) is 5.57 Å². The Morgan fingerprint density at radius 1 is 1.08 bits per heavy atom. The molecule has 0 radical (unpaired) electrons. The van der Waals surface area contributed by atoms with Gasteiger partial charge in [0.2, 0.25) is 5.91 Å². The highest BCUT2D eigenvalue weighted by atomic mass is 35.5. The SMILES string of the molecule is O=C(/C=C(\c1ccccc1)C(F)(F)F)NCCOc1ccc(Cl)cc1. The fraction of sp³-hybridized carbons (Fsp3) is 0.167. The highest BCUT2D eigenvalue weighted by molar-refractivity contribution is 6.30. The van der Waals surface area contributed by atoms with E-state index in [1.54, 1.807) is 30.3 Å². The van der Waals surface area contributed by atoms with E-state index in [1.807, 2.05) is 0 Å². The van der Waals surface area contributed by atoms with Gasteiger partial charge >= 0.3 is 6.18 Å². The number of alkyl halides is 3. The van der Waals surface area contributed by atoms with E-state index in [1.165, 1.54) is 24.3 Å². The molecule has 0 atom stereocenters. The van der Waals surface area contributed by atoms with Gasteiger partial charge in [0.1, 0.15) is 12.4 Å². The van der Waals surface area contributed by atoms with Gasteiger partial charge in [0, 0.05) is 11.1 Å². The molecule has 25 heavy (non-hydrogen) atoms. The number of nitrogens with one attached hydrogen (secondary N) is 1. The molecule has 0 fully saturated rings. The molecule has 7 heteroatoms. The first-order chi connectivity index (χ1) is 11.9. The number of carbonyl (C=O) groups excluding carboxylic acids is 1. The fourth-order valence-corrected chi connectivity index (χ4v) is 2.13. The second-order valence-corrected chi connectivity index (χ2v) is 5.45. The molecule has 0 saturated heterocycles. The zero-order valence-electron chi connectivity index (χ0n) is 13.0. The molecule has 0 aromatic heterocycles. The zero-order chi connectivity index (χ0) is 18.3. The largest absolute Gasteiger partial charge is 0.492 e. The van der Waals surface area contributed by atoms with Crippen molar-refractivity contribution >= 4 is 23.1 Å². The molecule has 0 aliphatic carbocycles. The summed E-state index contributed by atoms with van der Waals surface area (Å²) in [5, 5.41) is 2.93. The maximum atomic E-state index is 13.1. The Morgan fingerprint density at radius 3 is 2.32 bits per heavy atom. The van der Waals surface area contributed by atoms with Crippen LogP contribution in [0.5, 0.6) is 5.75 Å². The molecule has 0 saturated carbocycles. The van der Waals surface area contributed by atoms with E-state index in [4.69, 9.17) is 16.3 Å². The molecule has 0 aliphatic rings. The third-order valence-corrected chi connectivity index (χ3v) is 3.40. The van der Waals surface area contributed by atoms with Gasteiger partial charge in [0.15, 0.2) is 0 Å². The molecule has 0 spiro atoms. The van der Waals surface area contributed by atoms with Crippen molar-refractivity contribution in [1.82, 2.24) is 5.32 Å². The monoisotopic (exact) mass is 369 g/mol.